The van der Waals surface area contributed by atoms with E-state index in [0.717, 1.165) is 55.9 Å². The van der Waals surface area contributed by atoms with Crippen LogP contribution in [0.1, 0.15) is 19.3 Å². The lowest BCUT2D eigenvalue weighted by molar-refractivity contribution is -0.139. The second-order valence-corrected chi connectivity index (χ2v) is 9.77. The van der Waals surface area contributed by atoms with E-state index in [1.807, 2.05) is 37.4 Å². The maximum absolute atomic E-state index is 6.31. The Bertz CT molecular complexity index is 1170. The van der Waals surface area contributed by atoms with E-state index in [9.17, 15) is 0 Å². The minimum atomic E-state index is 0.476. The molecule has 186 valence electrons. The molecular weight excluding hydrogens is 466 g/mol. The zero-order chi connectivity index (χ0) is 24.3. The lowest BCUT2D eigenvalue weighted by atomic mass is 9.77. The number of likely N-dealkylation sites (tertiary alicyclic amines) is 1. The number of rotatable bonds is 9. The minimum absolute atomic E-state index is 0.476. The van der Waals surface area contributed by atoms with Gasteiger partial charge in [-0.3, -0.25) is 4.98 Å². The number of halogens is 1. The highest BCUT2D eigenvalue weighted by Crippen LogP contribution is 2.39. The zero-order valence-electron chi connectivity index (χ0n) is 20.3. The normalized spacial score (nSPS) is 17.2. The van der Waals surface area contributed by atoms with E-state index in [1.54, 1.807) is 19.4 Å². The van der Waals surface area contributed by atoms with Crippen molar-refractivity contribution in [1.29, 1.82) is 0 Å². The number of hydrogen-bond donors (Lipinski definition) is 1. The summed E-state index contributed by atoms with van der Waals surface area (Å²) in [5.41, 5.74) is 2.10. The second-order valence-electron chi connectivity index (χ2n) is 9.36. The Morgan fingerprint density at radius 2 is 1.91 bits per heavy atom. The first-order chi connectivity index (χ1) is 17.1. The van der Waals surface area contributed by atoms with Gasteiger partial charge in [-0.2, -0.15) is 0 Å². The molecule has 35 heavy (non-hydrogen) atoms. The number of anilines is 1. The molecule has 0 radical (unpaired) electrons. The van der Waals surface area contributed by atoms with Gasteiger partial charge in [0.1, 0.15) is 11.5 Å². The third-order valence-corrected chi connectivity index (χ3v) is 7.35. The van der Waals surface area contributed by atoms with Gasteiger partial charge in [0.15, 0.2) is 11.5 Å². The van der Waals surface area contributed by atoms with E-state index >= 15 is 0 Å². The fourth-order valence-electron chi connectivity index (χ4n) is 4.78. The van der Waals surface area contributed by atoms with Crippen LogP contribution in [0.25, 0.3) is 10.9 Å². The molecule has 0 unspecified atom stereocenters. The van der Waals surface area contributed by atoms with E-state index in [1.165, 1.54) is 12.8 Å². The molecule has 0 aliphatic carbocycles. The van der Waals surface area contributed by atoms with Crippen LogP contribution in [0.5, 0.6) is 23.0 Å². The van der Waals surface area contributed by atoms with Gasteiger partial charge >= 0.3 is 0 Å². The summed E-state index contributed by atoms with van der Waals surface area (Å²) < 4.78 is 23.3. The first-order valence-corrected chi connectivity index (χ1v) is 12.5. The maximum Gasteiger partial charge on any atom is 0.163 e. The minimum Gasteiger partial charge on any atom is -0.493 e. The summed E-state index contributed by atoms with van der Waals surface area (Å²) in [6.45, 7) is 5.86. The number of pyridine rings is 1. The Balaban J connectivity index is 1.23. The standard InChI is InChI=1S/C27H32ClN3O4/c1-29-22-5-4-19(14-21(22)28)35-24-6-9-30-23-16-26(25(32-2)15-20(23)24)34-13-3-10-31-11-7-27(8-12-31)17-33-18-27/h4-6,9,14-16,29H,3,7-8,10-13,17-18H2,1-2H3. The van der Waals surface area contributed by atoms with Crippen molar-refractivity contribution >= 4 is 28.2 Å². The van der Waals surface area contributed by atoms with Crippen molar-refractivity contribution in [2.24, 2.45) is 5.41 Å². The highest BCUT2D eigenvalue weighted by molar-refractivity contribution is 6.33. The van der Waals surface area contributed by atoms with Gasteiger partial charge in [-0.15, -0.1) is 0 Å². The molecule has 3 aromatic rings. The molecule has 1 aromatic heterocycles. The molecule has 1 spiro atoms. The fourth-order valence-corrected chi connectivity index (χ4v) is 5.04. The first-order valence-electron chi connectivity index (χ1n) is 12.1. The third kappa shape index (κ3) is 5.27. The SMILES string of the molecule is CNc1ccc(Oc2ccnc3cc(OCCCN4CCC5(CC4)COC5)c(OC)cc23)cc1Cl. The average molecular weight is 498 g/mol. The van der Waals surface area contributed by atoms with Crippen molar-refractivity contribution in [2.75, 3.05) is 58.9 Å². The molecule has 2 fully saturated rings. The molecule has 0 amide bonds. The molecule has 2 saturated heterocycles. The Morgan fingerprint density at radius 1 is 1.09 bits per heavy atom. The summed E-state index contributed by atoms with van der Waals surface area (Å²) in [5.74, 6) is 2.67. The van der Waals surface area contributed by atoms with Crippen LogP contribution in [0, 0.1) is 5.41 Å². The van der Waals surface area contributed by atoms with Gasteiger partial charge in [0.25, 0.3) is 0 Å². The van der Waals surface area contributed by atoms with Gasteiger partial charge in [-0.25, -0.2) is 0 Å². The molecular formula is C27H32ClN3O4. The largest absolute Gasteiger partial charge is 0.493 e. The van der Waals surface area contributed by atoms with Crippen molar-refractivity contribution in [3.05, 3.63) is 47.6 Å². The van der Waals surface area contributed by atoms with Crippen molar-refractivity contribution in [3.8, 4) is 23.0 Å². The number of ether oxygens (including phenoxy) is 4. The topological polar surface area (TPSA) is 65.1 Å². The Hall–Kier alpha value is -2.74. The molecule has 2 aliphatic rings. The number of benzene rings is 2. The predicted molar refractivity (Wildman–Crippen MR) is 138 cm³/mol. The van der Waals surface area contributed by atoms with E-state index in [4.69, 9.17) is 30.5 Å². The van der Waals surface area contributed by atoms with E-state index in [2.05, 4.69) is 15.2 Å². The summed E-state index contributed by atoms with van der Waals surface area (Å²) in [6, 6.07) is 11.2. The smallest absolute Gasteiger partial charge is 0.163 e. The molecule has 5 rings (SSSR count). The molecule has 7 nitrogen and oxygen atoms in total. The van der Waals surface area contributed by atoms with Gasteiger partial charge in [-0.05, 0) is 56.6 Å². The summed E-state index contributed by atoms with van der Waals surface area (Å²) in [6.07, 6.45) is 5.18. The number of methoxy groups -OCH3 is 1. The van der Waals surface area contributed by atoms with E-state index in [0.29, 0.717) is 40.0 Å². The quantitative estimate of drug-likeness (QED) is 0.385. The molecule has 3 heterocycles. The number of nitrogens with one attached hydrogen (secondary N) is 1. The van der Waals surface area contributed by atoms with Crippen molar-refractivity contribution in [1.82, 2.24) is 9.88 Å². The Morgan fingerprint density at radius 3 is 2.60 bits per heavy atom. The highest BCUT2D eigenvalue weighted by atomic mass is 35.5. The second kappa shape index (κ2) is 10.5. The van der Waals surface area contributed by atoms with Crippen molar-refractivity contribution in [3.63, 3.8) is 0 Å². The van der Waals surface area contributed by atoms with Gasteiger partial charge in [0.05, 0.1) is 43.2 Å². The van der Waals surface area contributed by atoms with E-state index < -0.39 is 0 Å². The van der Waals surface area contributed by atoms with Crippen LogP contribution < -0.4 is 19.5 Å². The molecule has 1 N–H and O–H groups in total. The van der Waals surface area contributed by atoms with Crippen LogP contribution in [-0.2, 0) is 4.74 Å². The van der Waals surface area contributed by atoms with Gasteiger partial charge in [0.2, 0.25) is 0 Å². The summed E-state index contributed by atoms with van der Waals surface area (Å²) in [7, 11) is 3.48. The Labute approximate surface area is 211 Å². The molecule has 0 saturated carbocycles. The van der Waals surface area contributed by atoms with E-state index in [-0.39, 0.29) is 0 Å². The summed E-state index contributed by atoms with van der Waals surface area (Å²) >= 11 is 6.31. The van der Waals surface area contributed by atoms with Crippen LogP contribution in [0.15, 0.2) is 42.6 Å². The lowest BCUT2D eigenvalue weighted by Crippen LogP contribution is -2.51. The van der Waals surface area contributed by atoms with Crippen LogP contribution in [0.4, 0.5) is 5.69 Å². The predicted octanol–water partition coefficient (Wildman–Crippen LogP) is 5.61. The molecule has 0 bridgehead atoms. The van der Waals surface area contributed by atoms with Crippen LogP contribution in [0.2, 0.25) is 5.02 Å². The summed E-state index contributed by atoms with van der Waals surface area (Å²) in [5, 5.41) is 4.49. The number of aromatic nitrogens is 1. The molecule has 2 aromatic carbocycles. The number of hydrogen-bond acceptors (Lipinski definition) is 7. The zero-order valence-corrected chi connectivity index (χ0v) is 21.1. The highest BCUT2D eigenvalue weighted by Gasteiger charge is 2.40. The number of piperidine rings is 1. The lowest BCUT2D eigenvalue weighted by Gasteiger charge is -2.47. The first kappa shape index (κ1) is 24.0. The monoisotopic (exact) mass is 497 g/mol. The Kier molecular flexibility index (Phi) is 7.18. The number of fused-ring (bicyclic) bond motifs is 1. The van der Waals surface area contributed by atoms with Crippen LogP contribution >= 0.6 is 11.6 Å². The van der Waals surface area contributed by atoms with Gasteiger partial charge in [0, 0.05) is 42.7 Å². The average Bonchev–Trinajstić information content (AvgIpc) is 2.86. The third-order valence-electron chi connectivity index (χ3n) is 7.03. The van der Waals surface area contributed by atoms with Gasteiger partial charge in [-0.1, -0.05) is 11.6 Å². The fraction of sp³-hybridized carbons (Fsp3) is 0.444. The molecule has 8 heteroatoms. The van der Waals surface area contributed by atoms with Gasteiger partial charge < -0.3 is 29.2 Å². The molecule has 0 atom stereocenters. The number of nitrogens with zero attached hydrogens (tertiary/aromatic N) is 2. The van der Waals surface area contributed by atoms with Crippen molar-refractivity contribution < 1.29 is 18.9 Å². The van der Waals surface area contributed by atoms with Crippen molar-refractivity contribution in [2.45, 2.75) is 19.3 Å². The molecule has 2 aliphatic heterocycles. The summed E-state index contributed by atoms with van der Waals surface area (Å²) in [4.78, 5) is 7.06. The van der Waals surface area contributed by atoms with Crippen LogP contribution in [0.3, 0.4) is 0 Å². The van der Waals surface area contributed by atoms with Crippen LogP contribution in [-0.4, -0.2) is 63.5 Å². The maximum atomic E-state index is 6.31.